The van der Waals surface area contributed by atoms with E-state index in [0.717, 1.165) is 20.1 Å². The third-order valence-electron chi connectivity index (χ3n) is 5.00. The molecule has 0 bridgehead atoms. The lowest BCUT2D eigenvalue weighted by Crippen LogP contribution is -2.52. The van der Waals surface area contributed by atoms with Crippen LogP contribution in [0.3, 0.4) is 0 Å². The minimum atomic E-state index is -0.567. The molecule has 2 aromatic rings. The molecule has 1 aliphatic rings. The number of rotatable bonds is 4. The van der Waals surface area contributed by atoms with Crippen LogP contribution in [0.4, 0.5) is 0 Å². The Hall–Kier alpha value is -1.66. The highest BCUT2D eigenvalue weighted by molar-refractivity contribution is 9.10. The average Bonchev–Trinajstić information content (AvgIpc) is 2.63. The largest absolute Gasteiger partial charge is 0.469 e. The average molecular weight is 482 g/mol. The lowest BCUT2D eigenvalue weighted by atomic mass is 9.52. The standard InChI is InChI=1S/C20H18Br2O4/c1-25-19(23)17-15(11-3-7-13(21)8-4-11)16(18(17)20(24)26-2)12-5-9-14(22)10-6-12/h3-10,15-18H,1-2H3/t15-,16+,17+,18-. The van der Waals surface area contributed by atoms with Gasteiger partial charge in [0, 0.05) is 20.8 Å². The van der Waals surface area contributed by atoms with Crippen molar-refractivity contribution >= 4 is 43.8 Å². The van der Waals surface area contributed by atoms with Crippen molar-refractivity contribution in [2.45, 2.75) is 11.8 Å². The summed E-state index contributed by atoms with van der Waals surface area (Å²) < 4.78 is 11.9. The molecule has 4 nitrogen and oxygen atoms in total. The smallest absolute Gasteiger partial charge is 0.310 e. The molecule has 0 aliphatic heterocycles. The van der Waals surface area contributed by atoms with E-state index in [1.54, 1.807) is 0 Å². The summed E-state index contributed by atoms with van der Waals surface area (Å²) in [5.74, 6) is -2.21. The van der Waals surface area contributed by atoms with E-state index in [2.05, 4.69) is 31.9 Å². The molecule has 0 N–H and O–H groups in total. The Labute approximate surface area is 169 Å². The molecule has 0 heterocycles. The van der Waals surface area contributed by atoms with Crippen LogP contribution in [0.25, 0.3) is 0 Å². The van der Waals surface area contributed by atoms with E-state index in [1.165, 1.54) is 14.2 Å². The summed E-state index contributed by atoms with van der Waals surface area (Å²) in [6, 6.07) is 15.7. The number of carbonyl (C=O) groups excluding carboxylic acids is 2. The van der Waals surface area contributed by atoms with Gasteiger partial charge in [-0.05, 0) is 35.4 Å². The number of esters is 2. The summed E-state index contributed by atoms with van der Waals surface area (Å²) in [4.78, 5) is 24.9. The van der Waals surface area contributed by atoms with Gasteiger partial charge in [-0.1, -0.05) is 56.1 Å². The Bertz CT molecular complexity index is 732. The van der Waals surface area contributed by atoms with E-state index >= 15 is 0 Å². The molecule has 0 unspecified atom stereocenters. The van der Waals surface area contributed by atoms with Crippen molar-refractivity contribution in [2.24, 2.45) is 11.8 Å². The Morgan fingerprint density at radius 1 is 0.692 bits per heavy atom. The fourth-order valence-corrected chi connectivity index (χ4v) is 4.33. The maximum Gasteiger partial charge on any atom is 0.310 e. The number of hydrogen-bond donors (Lipinski definition) is 0. The van der Waals surface area contributed by atoms with Crippen LogP contribution < -0.4 is 0 Å². The second-order valence-electron chi connectivity index (χ2n) is 6.25. The van der Waals surface area contributed by atoms with Crippen molar-refractivity contribution < 1.29 is 19.1 Å². The maximum absolute atomic E-state index is 12.5. The highest BCUT2D eigenvalue weighted by atomic mass is 79.9. The first-order chi connectivity index (χ1) is 12.5. The van der Waals surface area contributed by atoms with Crippen LogP contribution in [0.5, 0.6) is 0 Å². The fraction of sp³-hybridized carbons (Fsp3) is 0.300. The van der Waals surface area contributed by atoms with E-state index in [9.17, 15) is 9.59 Å². The summed E-state index contributed by atoms with van der Waals surface area (Å²) in [5, 5.41) is 0. The Morgan fingerprint density at radius 3 is 1.27 bits per heavy atom. The van der Waals surface area contributed by atoms with E-state index < -0.39 is 11.8 Å². The van der Waals surface area contributed by atoms with Crippen LogP contribution >= 0.6 is 31.9 Å². The SMILES string of the molecule is COC(=O)[C@@H]1[C@H](C(=O)OC)[C@@H](c2ccc(Br)cc2)[C@H]1c1ccc(Br)cc1. The number of carbonyl (C=O) groups is 2. The Morgan fingerprint density at radius 2 is 1.00 bits per heavy atom. The number of hydrogen-bond acceptors (Lipinski definition) is 4. The van der Waals surface area contributed by atoms with Gasteiger partial charge in [0.1, 0.15) is 0 Å². The molecule has 4 atom stereocenters. The summed E-state index contributed by atoms with van der Waals surface area (Å²) in [5.41, 5.74) is 1.99. The first-order valence-corrected chi connectivity index (χ1v) is 9.73. The number of benzene rings is 2. The van der Waals surface area contributed by atoms with Gasteiger partial charge in [-0.3, -0.25) is 9.59 Å². The van der Waals surface area contributed by atoms with Crippen LogP contribution in [0.15, 0.2) is 57.5 Å². The lowest BCUT2D eigenvalue weighted by molar-refractivity contribution is -0.168. The number of methoxy groups -OCH3 is 2. The van der Waals surface area contributed by atoms with Gasteiger partial charge in [0.15, 0.2) is 0 Å². The van der Waals surface area contributed by atoms with Crippen LogP contribution in [0.1, 0.15) is 23.0 Å². The Kier molecular flexibility index (Phi) is 5.82. The number of halogens is 2. The maximum atomic E-state index is 12.5. The quantitative estimate of drug-likeness (QED) is 0.595. The van der Waals surface area contributed by atoms with Gasteiger partial charge < -0.3 is 9.47 Å². The molecular formula is C20H18Br2O4. The molecule has 26 heavy (non-hydrogen) atoms. The lowest BCUT2D eigenvalue weighted by Gasteiger charge is -2.49. The predicted octanol–water partition coefficient (Wildman–Crippen LogP) is 4.67. The van der Waals surface area contributed by atoms with Gasteiger partial charge in [0.05, 0.1) is 26.1 Å². The molecule has 0 amide bonds. The predicted molar refractivity (Wildman–Crippen MR) is 105 cm³/mol. The molecule has 0 saturated heterocycles. The first-order valence-electron chi connectivity index (χ1n) is 8.14. The van der Waals surface area contributed by atoms with Crippen LogP contribution in [0.2, 0.25) is 0 Å². The van der Waals surface area contributed by atoms with Gasteiger partial charge in [0.2, 0.25) is 0 Å². The van der Waals surface area contributed by atoms with Crippen LogP contribution in [-0.2, 0) is 19.1 Å². The normalized spacial score (nSPS) is 24.5. The summed E-state index contributed by atoms with van der Waals surface area (Å²) in [7, 11) is 2.70. The first kappa shape index (κ1) is 19.1. The molecule has 0 aromatic heterocycles. The van der Waals surface area contributed by atoms with E-state index in [4.69, 9.17) is 9.47 Å². The van der Waals surface area contributed by atoms with Crippen molar-refractivity contribution in [2.75, 3.05) is 14.2 Å². The second-order valence-corrected chi connectivity index (χ2v) is 8.08. The topological polar surface area (TPSA) is 52.6 Å². The number of ether oxygens (including phenoxy) is 2. The highest BCUT2D eigenvalue weighted by Gasteiger charge is 2.59. The van der Waals surface area contributed by atoms with Gasteiger partial charge in [-0.15, -0.1) is 0 Å². The van der Waals surface area contributed by atoms with Crippen molar-refractivity contribution in [1.29, 1.82) is 0 Å². The zero-order valence-corrected chi connectivity index (χ0v) is 17.5. The zero-order chi connectivity index (χ0) is 18.8. The van der Waals surface area contributed by atoms with Gasteiger partial charge in [-0.25, -0.2) is 0 Å². The van der Waals surface area contributed by atoms with Crippen molar-refractivity contribution in [3.05, 3.63) is 68.6 Å². The minimum absolute atomic E-state index is 0.152. The summed E-state index contributed by atoms with van der Waals surface area (Å²) >= 11 is 6.87. The van der Waals surface area contributed by atoms with Crippen LogP contribution in [0, 0.1) is 11.8 Å². The molecule has 136 valence electrons. The monoisotopic (exact) mass is 480 g/mol. The van der Waals surface area contributed by atoms with Gasteiger partial charge in [0.25, 0.3) is 0 Å². The molecule has 2 aromatic carbocycles. The zero-order valence-electron chi connectivity index (χ0n) is 14.3. The molecule has 0 spiro atoms. The molecule has 1 aliphatic carbocycles. The van der Waals surface area contributed by atoms with Crippen molar-refractivity contribution in [1.82, 2.24) is 0 Å². The summed E-state index contributed by atoms with van der Waals surface area (Å²) in [6.45, 7) is 0. The van der Waals surface area contributed by atoms with Crippen molar-refractivity contribution in [3.8, 4) is 0 Å². The molecule has 1 saturated carbocycles. The second kappa shape index (κ2) is 7.92. The molecular weight excluding hydrogens is 464 g/mol. The van der Waals surface area contributed by atoms with Gasteiger partial charge >= 0.3 is 11.9 Å². The molecule has 0 radical (unpaired) electrons. The van der Waals surface area contributed by atoms with E-state index in [-0.39, 0.29) is 23.8 Å². The highest BCUT2D eigenvalue weighted by Crippen LogP contribution is 2.58. The van der Waals surface area contributed by atoms with Gasteiger partial charge in [-0.2, -0.15) is 0 Å². The Balaban J connectivity index is 2.08. The van der Waals surface area contributed by atoms with E-state index in [1.807, 2.05) is 48.5 Å². The summed E-state index contributed by atoms with van der Waals surface area (Å²) in [6.07, 6.45) is 0. The molecule has 1 fully saturated rings. The van der Waals surface area contributed by atoms with E-state index in [0.29, 0.717) is 0 Å². The third-order valence-corrected chi connectivity index (χ3v) is 6.06. The van der Waals surface area contributed by atoms with Crippen LogP contribution in [-0.4, -0.2) is 26.2 Å². The molecule has 3 rings (SSSR count). The minimum Gasteiger partial charge on any atom is -0.469 e. The van der Waals surface area contributed by atoms with Crippen molar-refractivity contribution in [3.63, 3.8) is 0 Å². The third kappa shape index (κ3) is 3.45. The molecule has 6 heteroatoms. The fourth-order valence-electron chi connectivity index (χ4n) is 3.81.